The Labute approximate surface area is 113 Å². The summed E-state index contributed by atoms with van der Waals surface area (Å²) in [4.78, 5) is 24.4. The number of methoxy groups -OCH3 is 2. The number of benzene rings is 1. The SMILES string of the molecule is COc1ccc(CNc2n[nH]c(=O)[nH]c2=O)cc1OC. The van der Waals surface area contributed by atoms with Crippen LogP contribution >= 0.6 is 0 Å². The minimum atomic E-state index is -0.647. The Morgan fingerprint density at radius 2 is 1.95 bits per heavy atom. The summed E-state index contributed by atoms with van der Waals surface area (Å²) in [5.41, 5.74) is -0.351. The fraction of sp³-hybridized carbons (Fsp3) is 0.250. The van der Waals surface area contributed by atoms with Crippen LogP contribution in [0.5, 0.6) is 11.5 Å². The van der Waals surface area contributed by atoms with Gasteiger partial charge < -0.3 is 14.8 Å². The summed E-state index contributed by atoms with van der Waals surface area (Å²) in [5, 5.41) is 8.59. The smallest absolute Gasteiger partial charge is 0.342 e. The van der Waals surface area contributed by atoms with Crippen LogP contribution < -0.4 is 26.0 Å². The highest BCUT2D eigenvalue weighted by Gasteiger charge is 2.06. The van der Waals surface area contributed by atoms with E-state index in [9.17, 15) is 9.59 Å². The van der Waals surface area contributed by atoms with E-state index in [4.69, 9.17) is 9.47 Å². The van der Waals surface area contributed by atoms with Crippen molar-refractivity contribution < 1.29 is 9.47 Å². The van der Waals surface area contributed by atoms with Crippen molar-refractivity contribution in [2.45, 2.75) is 6.54 Å². The number of aromatic amines is 2. The zero-order valence-electron chi connectivity index (χ0n) is 11.0. The molecular formula is C12H14N4O4. The average molecular weight is 278 g/mol. The maximum Gasteiger partial charge on any atom is 0.342 e. The van der Waals surface area contributed by atoms with Crippen molar-refractivity contribution in [1.82, 2.24) is 15.2 Å². The average Bonchev–Trinajstić information content (AvgIpc) is 2.46. The van der Waals surface area contributed by atoms with Gasteiger partial charge in [-0.3, -0.25) is 9.78 Å². The zero-order chi connectivity index (χ0) is 14.5. The molecule has 0 aliphatic carbocycles. The molecule has 0 fully saturated rings. The maximum atomic E-state index is 11.4. The van der Waals surface area contributed by atoms with Gasteiger partial charge in [0.2, 0.25) is 5.82 Å². The number of ether oxygens (including phenoxy) is 2. The van der Waals surface area contributed by atoms with E-state index in [2.05, 4.69) is 20.5 Å². The summed E-state index contributed by atoms with van der Waals surface area (Å²) in [7, 11) is 3.10. The predicted molar refractivity (Wildman–Crippen MR) is 72.4 cm³/mol. The third-order valence-corrected chi connectivity index (χ3v) is 2.62. The number of hydrogen-bond donors (Lipinski definition) is 3. The molecule has 0 unspecified atom stereocenters. The molecule has 0 spiro atoms. The van der Waals surface area contributed by atoms with Crippen molar-refractivity contribution in [2.24, 2.45) is 0 Å². The molecule has 1 aromatic carbocycles. The van der Waals surface area contributed by atoms with E-state index in [0.29, 0.717) is 18.0 Å². The van der Waals surface area contributed by atoms with E-state index in [0.717, 1.165) is 5.56 Å². The number of anilines is 1. The van der Waals surface area contributed by atoms with Gasteiger partial charge in [0.05, 0.1) is 14.2 Å². The minimum Gasteiger partial charge on any atom is -0.493 e. The van der Waals surface area contributed by atoms with Gasteiger partial charge in [-0.25, -0.2) is 9.89 Å². The van der Waals surface area contributed by atoms with Crippen LogP contribution in [0, 0.1) is 0 Å². The first-order valence-electron chi connectivity index (χ1n) is 5.78. The zero-order valence-corrected chi connectivity index (χ0v) is 11.0. The lowest BCUT2D eigenvalue weighted by atomic mass is 10.2. The van der Waals surface area contributed by atoms with Crippen LogP contribution in [0.15, 0.2) is 27.8 Å². The fourth-order valence-corrected chi connectivity index (χ4v) is 1.64. The molecule has 0 aliphatic rings. The third-order valence-electron chi connectivity index (χ3n) is 2.62. The van der Waals surface area contributed by atoms with Gasteiger partial charge in [-0.15, -0.1) is 5.10 Å². The highest BCUT2D eigenvalue weighted by Crippen LogP contribution is 2.27. The van der Waals surface area contributed by atoms with Gasteiger partial charge >= 0.3 is 5.69 Å². The lowest BCUT2D eigenvalue weighted by Gasteiger charge is -2.10. The molecule has 1 aromatic heterocycles. The van der Waals surface area contributed by atoms with Crippen molar-refractivity contribution in [3.63, 3.8) is 0 Å². The lowest BCUT2D eigenvalue weighted by molar-refractivity contribution is 0.354. The normalized spacial score (nSPS) is 10.1. The quantitative estimate of drug-likeness (QED) is 0.715. The molecule has 20 heavy (non-hydrogen) atoms. The van der Waals surface area contributed by atoms with Crippen LogP contribution in [0.3, 0.4) is 0 Å². The van der Waals surface area contributed by atoms with Crippen LogP contribution in [0.4, 0.5) is 5.82 Å². The molecule has 0 saturated heterocycles. The number of H-pyrrole nitrogens is 2. The highest BCUT2D eigenvalue weighted by atomic mass is 16.5. The molecular weight excluding hydrogens is 264 g/mol. The van der Waals surface area contributed by atoms with Crippen LogP contribution in [-0.2, 0) is 6.54 Å². The number of rotatable bonds is 5. The predicted octanol–water partition coefficient (Wildman–Crippen LogP) is 0.0875. The molecule has 0 saturated carbocycles. The molecule has 2 aromatic rings. The third kappa shape index (κ3) is 2.97. The van der Waals surface area contributed by atoms with E-state index in [1.54, 1.807) is 26.4 Å². The first-order chi connectivity index (χ1) is 9.63. The second-order valence-electron chi connectivity index (χ2n) is 3.90. The molecule has 1 heterocycles. The molecule has 0 atom stereocenters. The molecule has 2 rings (SSSR count). The summed E-state index contributed by atoms with van der Waals surface area (Å²) in [6.45, 7) is 0.350. The van der Waals surface area contributed by atoms with Gasteiger partial charge in [0.25, 0.3) is 5.56 Å². The number of nitrogens with zero attached hydrogens (tertiary/aromatic N) is 1. The summed E-state index contributed by atoms with van der Waals surface area (Å²) in [5.74, 6) is 1.26. The Kier molecular flexibility index (Phi) is 4.04. The lowest BCUT2D eigenvalue weighted by Crippen LogP contribution is -2.26. The fourth-order valence-electron chi connectivity index (χ4n) is 1.64. The second kappa shape index (κ2) is 5.91. The Morgan fingerprint density at radius 3 is 2.60 bits per heavy atom. The van der Waals surface area contributed by atoms with Crippen molar-refractivity contribution >= 4 is 5.82 Å². The molecule has 8 nitrogen and oxygen atoms in total. The first kappa shape index (κ1) is 13.7. The van der Waals surface area contributed by atoms with E-state index < -0.39 is 11.2 Å². The molecule has 0 radical (unpaired) electrons. The Morgan fingerprint density at radius 1 is 1.20 bits per heavy atom. The van der Waals surface area contributed by atoms with E-state index in [1.807, 2.05) is 6.07 Å². The first-order valence-corrected chi connectivity index (χ1v) is 5.78. The van der Waals surface area contributed by atoms with E-state index in [1.165, 1.54) is 0 Å². The summed E-state index contributed by atoms with van der Waals surface area (Å²) < 4.78 is 10.3. The Hall–Kier alpha value is -2.77. The van der Waals surface area contributed by atoms with E-state index in [-0.39, 0.29) is 5.82 Å². The standard InChI is InChI=1S/C12H14N4O4/c1-19-8-4-3-7(5-9(8)20-2)6-13-10-11(17)14-12(18)16-15-10/h3-5H,6H2,1-2H3,(H,13,15)(H2,14,16,17,18). The van der Waals surface area contributed by atoms with Crippen LogP contribution in [0.25, 0.3) is 0 Å². The second-order valence-corrected chi connectivity index (χ2v) is 3.90. The number of hydrogen-bond acceptors (Lipinski definition) is 6. The number of aromatic nitrogens is 3. The topological polar surface area (TPSA) is 109 Å². The van der Waals surface area contributed by atoms with E-state index >= 15 is 0 Å². The monoisotopic (exact) mass is 278 g/mol. The van der Waals surface area contributed by atoms with Gasteiger partial charge in [0.15, 0.2) is 11.5 Å². The summed E-state index contributed by atoms with van der Waals surface area (Å²) >= 11 is 0. The molecule has 8 heteroatoms. The maximum absolute atomic E-state index is 11.4. The van der Waals surface area contributed by atoms with Crippen molar-refractivity contribution in [3.05, 3.63) is 44.6 Å². The van der Waals surface area contributed by atoms with Crippen LogP contribution in [0.1, 0.15) is 5.56 Å². The van der Waals surface area contributed by atoms with Crippen LogP contribution in [0.2, 0.25) is 0 Å². The largest absolute Gasteiger partial charge is 0.493 e. The molecule has 0 bridgehead atoms. The molecule has 0 aliphatic heterocycles. The van der Waals surface area contributed by atoms with Gasteiger partial charge in [-0.2, -0.15) is 0 Å². The summed E-state index contributed by atoms with van der Waals surface area (Å²) in [6.07, 6.45) is 0. The van der Waals surface area contributed by atoms with Crippen LogP contribution in [-0.4, -0.2) is 29.4 Å². The Bertz CT molecular complexity index is 707. The molecule has 3 N–H and O–H groups in total. The Balaban J connectivity index is 2.14. The van der Waals surface area contributed by atoms with Gasteiger partial charge in [0, 0.05) is 6.54 Å². The minimum absolute atomic E-state index is 0.0411. The summed E-state index contributed by atoms with van der Waals surface area (Å²) in [6, 6.07) is 5.38. The highest BCUT2D eigenvalue weighted by molar-refractivity contribution is 5.44. The number of nitrogens with one attached hydrogen (secondary N) is 3. The molecule has 0 amide bonds. The van der Waals surface area contributed by atoms with Gasteiger partial charge in [-0.1, -0.05) is 6.07 Å². The molecule has 106 valence electrons. The van der Waals surface area contributed by atoms with Gasteiger partial charge in [0.1, 0.15) is 0 Å². The van der Waals surface area contributed by atoms with Crippen molar-refractivity contribution in [2.75, 3.05) is 19.5 Å². The van der Waals surface area contributed by atoms with Crippen molar-refractivity contribution in [1.29, 1.82) is 0 Å². The van der Waals surface area contributed by atoms with Gasteiger partial charge in [-0.05, 0) is 17.7 Å². The van der Waals surface area contributed by atoms with Crippen molar-refractivity contribution in [3.8, 4) is 11.5 Å².